The third-order valence-electron chi connectivity index (χ3n) is 8.54. The highest BCUT2D eigenvalue weighted by atomic mass is 32.2. The normalized spacial score (nSPS) is 20.2. The molecule has 0 saturated carbocycles. The Bertz CT molecular complexity index is 1600. The van der Waals surface area contributed by atoms with E-state index in [2.05, 4.69) is 14.8 Å². The SMILES string of the molecule is O=S1(=O)c2cccc3cccc(c23)N1CCN1CCC(CN2CCc3[nH]c4ccc(F)cc4c3C2)CC1. The second-order valence-electron chi connectivity index (χ2n) is 10.8. The maximum absolute atomic E-state index is 13.9. The summed E-state index contributed by atoms with van der Waals surface area (Å²) in [5.41, 5.74) is 4.34. The van der Waals surface area contributed by atoms with E-state index < -0.39 is 10.0 Å². The monoisotopic (exact) mass is 518 g/mol. The molecule has 4 aromatic rings. The van der Waals surface area contributed by atoms with Gasteiger partial charge in [-0.25, -0.2) is 12.8 Å². The van der Waals surface area contributed by atoms with Crippen molar-refractivity contribution in [3.05, 3.63) is 71.7 Å². The number of benzene rings is 3. The molecule has 1 saturated heterocycles. The zero-order chi connectivity index (χ0) is 25.1. The molecule has 0 spiro atoms. The van der Waals surface area contributed by atoms with Crippen molar-refractivity contribution in [3.8, 4) is 0 Å². The zero-order valence-electron chi connectivity index (χ0n) is 20.8. The first kappa shape index (κ1) is 23.2. The molecule has 7 rings (SSSR count). The molecule has 0 radical (unpaired) electrons. The van der Waals surface area contributed by atoms with Crippen LogP contribution in [-0.2, 0) is 23.0 Å². The standard InChI is InChI=1S/C29H31FN4O2S/c30-22-7-8-25-23(17-22)24-19-33(14-11-26(24)31-25)18-20-9-12-32(13-10-20)15-16-34-27-5-1-3-21-4-2-6-28(29(21)27)37(34,35)36/h1-8,17,20,31H,9-16,18-19H2. The summed E-state index contributed by atoms with van der Waals surface area (Å²) in [6.07, 6.45) is 3.22. The number of nitrogens with one attached hydrogen (secondary N) is 1. The van der Waals surface area contributed by atoms with E-state index in [1.165, 1.54) is 17.3 Å². The van der Waals surface area contributed by atoms with Crippen LogP contribution in [0.4, 0.5) is 10.1 Å². The van der Waals surface area contributed by atoms with Crippen LogP contribution in [0.1, 0.15) is 24.1 Å². The van der Waals surface area contributed by atoms with E-state index in [0.717, 1.165) is 85.9 Å². The third kappa shape index (κ3) is 3.93. The molecule has 0 unspecified atom stereocenters. The number of hydrogen-bond acceptors (Lipinski definition) is 4. The summed E-state index contributed by atoms with van der Waals surface area (Å²) in [7, 11) is -3.49. The van der Waals surface area contributed by atoms with E-state index in [4.69, 9.17) is 0 Å². The number of aromatic nitrogens is 1. The molecule has 1 aromatic heterocycles. The van der Waals surface area contributed by atoms with E-state index in [9.17, 15) is 12.8 Å². The third-order valence-corrected chi connectivity index (χ3v) is 10.4. The van der Waals surface area contributed by atoms with Crippen LogP contribution in [0, 0.1) is 11.7 Å². The van der Waals surface area contributed by atoms with Gasteiger partial charge in [-0.05, 0) is 73.1 Å². The van der Waals surface area contributed by atoms with E-state index in [1.807, 2.05) is 36.4 Å². The molecule has 0 atom stereocenters. The summed E-state index contributed by atoms with van der Waals surface area (Å²) in [6, 6.07) is 16.4. The van der Waals surface area contributed by atoms with Crippen LogP contribution in [0.25, 0.3) is 21.7 Å². The van der Waals surface area contributed by atoms with Gasteiger partial charge < -0.3 is 9.88 Å². The molecule has 0 aliphatic carbocycles. The molecule has 4 heterocycles. The number of anilines is 1. The molecule has 3 aliphatic heterocycles. The zero-order valence-corrected chi connectivity index (χ0v) is 21.6. The number of fused-ring (bicyclic) bond motifs is 3. The van der Waals surface area contributed by atoms with Gasteiger partial charge in [-0.3, -0.25) is 9.21 Å². The fraction of sp³-hybridized carbons (Fsp3) is 0.379. The predicted molar refractivity (Wildman–Crippen MR) is 145 cm³/mol. The van der Waals surface area contributed by atoms with E-state index in [1.54, 1.807) is 16.4 Å². The quantitative estimate of drug-likeness (QED) is 0.415. The van der Waals surface area contributed by atoms with Crippen molar-refractivity contribution in [2.75, 3.05) is 43.6 Å². The topological polar surface area (TPSA) is 59.7 Å². The Hall–Kier alpha value is -2.94. The molecular weight excluding hydrogens is 487 g/mol. The van der Waals surface area contributed by atoms with Crippen LogP contribution < -0.4 is 4.31 Å². The Morgan fingerprint density at radius 3 is 2.59 bits per heavy atom. The molecule has 192 valence electrons. The summed E-state index contributed by atoms with van der Waals surface area (Å²) in [4.78, 5) is 8.85. The molecular formula is C29H31FN4O2S. The number of aromatic amines is 1. The fourth-order valence-corrected chi connectivity index (χ4v) is 8.29. The van der Waals surface area contributed by atoms with Gasteiger partial charge in [0.2, 0.25) is 0 Å². The smallest absolute Gasteiger partial charge is 0.265 e. The molecule has 0 amide bonds. The lowest BCUT2D eigenvalue weighted by Gasteiger charge is -2.36. The van der Waals surface area contributed by atoms with Crippen molar-refractivity contribution >= 4 is 37.4 Å². The summed E-state index contributed by atoms with van der Waals surface area (Å²) in [5.74, 6) is 0.453. The highest BCUT2D eigenvalue weighted by Gasteiger charge is 2.35. The van der Waals surface area contributed by atoms with Gasteiger partial charge in [-0.15, -0.1) is 0 Å². The molecule has 8 heteroatoms. The summed E-state index contributed by atoms with van der Waals surface area (Å²) in [5, 5.41) is 2.85. The van der Waals surface area contributed by atoms with Gasteiger partial charge in [0.1, 0.15) is 5.82 Å². The highest BCUT2D eigenvalue weighted by Crippen LogP contribution is 2.41. The second-order valence-corrected chi connectivity index (χ2v) is 12.6. The van der Waals surface area contributed by atoms with Gasteiger partial charge >= 0.3 is 0 Å². The van der Waals surface area contributed by atoms with Gasteiger partial charge in [0.15, 0.2) is 0 Å². The van der Waals surface area contributed by atoms with Crippen LogP contribution in [0.2, 0.25) is 0 Å². The minimum absolute atomic E-state index is 0.180. The van der Waals surface area contributed by atoms with Gasteiger partial charge in [-0.2, -0.15) is 0 Å². The minimum Gasteiger partial charge on any atom is -0.358 e. The average Bonchev–Trinajstić information content (AvgIpc) is 3.36. The molecule has 6 nitrogen and oxygen atoms in total. The number of nitrogens with zero attached hydrogens (tertiary/aromatic N) is 3. The van der Waals surface area contributed by atoms with Crippen LogP contribution in [0.3, 0.4) is 0 Å². The Morgan fingerprint density at radius 2 is 1.76 bits per heavy atom. The number of rotatable bonds is 5. The van der Waals surface area contributed by atoms with Crippen molar-refractivity contribution in [3.63, 3.8) is 0 Å². The van der Waals surface area contributed by atoms with Gasteiger partial charge in [0, 0.05) is 61.1 Å². The molecule has 37 heavy (non-hydrogen) atoms. The predicted octanol–water partition coefficient (Wildman–Crippen LogP) is 4.74. The van der Waals surface area contributed by atoms with E-state index in [-0.39, 0.29) is 5.82 Å². The first-order valence-corrected chi connectivity index (χ1v) is 14.7. The largest absolute Gasteiger partial charge is 0.358 e. The Balaban J connectivity index is 0.963. The van der Waals surface area contributed by atoms with Crippen LogP contribution in [0.5, 0.6) is 0 Å². The number of hydrogen-bond donors (Lipinski definition) is 1. The maximum atomic E-state index is 13.9. The molecule has 3 aliphatic rings. The lowest BCUT2D eigenvalue weighted by atomic mass is 9.94. The minimum atomic E-state index is -3.49. The van der Waals surface area contributed by atoms with Crippen molar-refractivity contribution in [2.24, 2.45) is 5.92 Å². The van der Waals surface area contributed by atoms with E-state index in [0.29, 0.717) is 17.4 Å². The van der Waals surface area contributed by atoms with Crippen LogP contribution in [0.15, 0.2) is 59.5 Å². The van der Waals surface area contributed by atoms with Gasteiger partial charge in [0.25, 0.3) is 10.0 Å². The number of H-pyrrole nitrogens is 1. The van der Waals surface area contributed by atoms with Gasteiger partial charge in [-0.1, -0.05) is 24.3 Å². The first-order chi connectivity index (χ1) is 18.0. The van der Waals surface area contributed by atoms with Crippen LogP contribution in [-0.4, -0.2) is 62.5 Å². The molecule has 0 bridgehead atoms. The fourth-order valence-electron chi connectivity index (χ4n) is 6.59. The lowest BCUT2D eigenvalue weighted by Crippen LogP contribution is -2.43. The summed E-state index contributed by atoms with van der Waals surface area (Å²) in [6.45, 7) is 6.17. The Morgan fingerprint density at radius 1 is 0.946 bits per heavy atom. The molecule has 3 aromatic carbocycles. The number of likely N-dealkylation sites (tertiary alicyclic amines) is 1. The first-order valence-electron chi connectivity index (χ1n) is 13.3. The highest BCUT2D eigenvalue weighted by molar-refractivity contribution is 7.93. The van der Waals surface area contributed by atoms with Gasteiger partial charge in [0.05, 0.1) is 10.6 Å². The maximum Gasteiger partial charge on any atom is 0.265 e. The molecule has 1 fully saturated rings. The number of halogens is 1. The lowest BCUT2D eigenvalue weighted by molar-refractivity contribution is 0.139. The van der Waals surface area contributed by atoms with Crippen molar-refractivity contribution in [2.45, 2.75) is 30.7 Å². The summed E-state index contributed by atoms with van der Waals surface area (Å²) < 4.78 is 42.0. The van der Waals surface area contributed by atoms with E-state index >= 15 is 0 Å². The summed E-state index contributed by atoms with van der Waals surface area (Å²) >= 11 is 0. The number of sulfonamides is 1. The molecule has 1 N–H and O–H groups in total. The number of piperidine rings is 1. The average molecular weight is 519 g/mol. The second kappa shape index (κ2) is 8.82. The van der Waals surface area contributed by atoms with Crippen molar-refractivity contribution in [1.29, 1.82) is 0 Å². The Labute approximate surface area is 216 Å². The van der Waals surface area contributed by atoms with Crippen molar-refractivity contribution in [1.82, 2.24) is 14.8 Å². The van der Waals surface area contributed by atoms with Crippen molar-refractivity contribution < 1.29 is 12.8 Å². The van der Waals surface area contributed by atoms with Crippen LogP contribution >= 0.6 is 0 Å². The Kier molecular flexibility index (Phi) is 5.53.